The Morgan fingerprint density at radius 3 is 1.17 bits per heavy atom. The van der Waals surface area contributed by atoms with Gasteiger partial charge in [-0.15, -0.1) is 0 Å². The molecule has 1 aliphatic heterocycles. The highest BCUT2D eigenvalue weighted by atomic mass is 15.3. The number of nitrogens with one attached hydrogen (secondary N) is 2. The van der Waals surface area contributed by atoms with Crippen LogP contribution in [-0.4, -0.2) is 76.3 Å². The van der Waals surface area contributed by atoms with Crippen LogP contribution < -0.4 is 10.6 Å². The predicted molar refractivity (Wildman–Crippen MR) is 83.4 cm³/mol. The summed E-state index contributed by atoms with van der Waals surface area (Å²) in [6, 6.07) is 0. The standard InChI is InChI=1S/C10H24N4.2C2H6/c1-11-3-5-13-7-9-14(10-8-13)6-4-12-2;2*1-2/h11-12H,3-10H2,1-2H3;2*1-2H3. The van der Waals surface area contributed by atoms with E-state index in [1.165, 1.54) is 39.3 Å². The number of nitrogens with zero attached hydrogens (tertiary/aromatic N) is 2. The minimum atomic E-state index is 1.11. The highest BCUT2D eigenvalue weighted by Crippen LogP contribution is 1.99. The zero-order valence-corrected chi connectivity index (χ0v) is 13.6. The van der Waals surface area contributed by atoms with Crippen molar-refractivity contribution in [3.05, 3.63) is 0 Å². The Balaban J connectivity index is 0. The van der Waals surface area contributed by atoms with E-state index in [9.17, 15) is 0 Å². The lowest BCUT2D eigenvalue weighted by Gasteiger charge is -2.34. The van der Waals surface area contributed by atoms with Crippen molar-refractivity contribution in [3.8, 4) is 0 Å². The van der Waals surface area contributed by atoms with Gasteiger partial charge < -0.3 is 10.6 Å². The molecule has 0 aromatic carbocycles. The Morgan fingerprint density at radius 2 is 0.944 bits per heavy atom. The van der Waals surface area contributed by atoms with Crippen LogP contribution in [0.4, 0.5) is 0 Å². The lowest BCUT2D eigenvalue weighted by Crippen LogP contribution is -2.49. The summed E-state index contributed by atoms with van der Waals surface area (Å²) >= 11 is 0. The summed E-state index contributed by atoms with van der Waals surface area (Å²) < 4.78 is 0. The maximum absolute atomic E-state index is 3.20. The zero-order valence-electron chi connectivity index (χ0n) is 13.6. The first kappa shape index (κ1) is 20.2. The van der Waals surface area contributed by atoms with Gasteiger partial charge in [-0.3, -0.25) is 9.80 Å². The van der Waals surface area contributed by atoms with Crippen LogP contribution in [0.5, 0.6) is 0 Å². The summed E-state index contributed by atoms with van der Waals surface area (Å²) in [6.07, 6.45) is 0. The molecular formula is C14H36N4. The average Bonchev–Trinajstić information content (AvgIpc) is 2.48. The normalized spacial score (nSPS) is 16.3. The molecule has 0 aromatic rings. The van der Waals surface area contributed by atoms with E-state index in [2.05, 4.69) is 20.4 Å². The first-order chi connectivity index (χ1) is 8.86. The first-order valence-electron chi connectivity index (χ1n) is 7.60. The Morgan fingerprint density at radius 1 is 0.667 bits per heavy atom. The third kappa shape index (κ3) is 11.0. The molecule has 0 spiro atoms. The molecule has 0 unspecified atom stereocenters. The molecular weight excluding hydrogens is 224 g/mol. The van der Waals surface area contributed by atoms with Crippen molar-refractivity contribution in [2.24, 2.45) is 0 Å². The fourth-order valence-electron chi connectivity index (χ4n) is 1.78. The summed E-state index contributed by atoms with van der Waals surface area (Å²) in [5.41, 5.74) is 0. The second-order valence-corrected chi connectivity index (χ2v) is 3.89. The van der Waals surface area contributed by atoms with Crippen LogP contribution in [0.25, 0.3) is 0 Å². The van der Waals surface area contributed by atoms with Crippen molar-refractivity contribution in [2.75, 3.05) is 66.5 Å². The van der Waals surface area contributed by atoms with E-state index in [4.69, 9.17) is 0 Å². The molecule has 0 aliphatic carbocycles. The van der Waals surface area contributed by atoms with Gasteiger partial charge in [0.2, 0.25) is 0 Å². The molecule has 1 rings (SSSR count). The van der Waals surface area contributed by atoms with Crippen molar-refractivity contribution in [1.29, 1.82) is 0 Å². The molecule has 0 atom stereocenters. The van der Waals surface area contributed by atoms with Crippen LogP contribution in [0.1, 0.15) is 27.7 Å². The van der Waals surface area contributed by atoms with Gasteiger partial charge in [0.25, 0.3) is 0 Å². The van der Waals surface area contributed by atoms with Gasteiger partial charge in [-0.05, 0) is 14.1 Å². The van der Waals surface area contributed by atoms with Gasteiger partial charge in [0.15, 0.2) is 0 Å². The minimum absolute atomic E-state index is 1.11. The van der Waals surface area contributed by atoms with Gasteiger partial charge in [-0.2, -0.15) is 0 Å². The molecule has 0 aromatic heterocycles. The largest absolute Gasteiger partial charge is 0.318 e. The molecule has 4 heteroatoms. The third-order valence-electron chi connectivity index (χ3n) is 2.82. The summed E-state index contributed by atoms with van der Waals surface area (Å²) in [5, 5.41) is 6.39. The van der Waals surface area contributed by atoms with Crippen molar-refractivity contribution in [2.45, 2.75) is 27.7 Å². The summed E-state index contributed by atoms with van der Waals surface area (Å²) in [6.45, 7) is 17.5. The molecule has 1 saturated heterocycles. The number of hydrogen-bond acceptors (Lipinski definition) is 4. The maximum Gasteiger partial charge on any atom is 0.0110 e. The molecule has 1 fully saturated rings. The van der Waals surface area contributed by atoms with Gasteiger partial charge in [0.1, 0.15) is 0 Å². The van der Waals surface area contributed by atoms with Crippen LogP contribution >= 0.6 is 0 Å². The van der Waals surface area contributed by atoms with Gasteiger partial charge in [-0.25, -0.2) is 0 Å². The molecule has 2 N–H and O–H groups in total. The topological polar surface area (TPSA) is 30.5 Å². The van der Waals surface area contributed by atoms with Gasteiger partial charge in [0.05, 0.1) is 0 Å². The molecule has 4 nitrogen and oxygen atoms in total. The second-order valence-electron chi connectivity index (χ2n) is 3.89. The maximum atomic E-state index is 3.20. The number of likely N-dealkylation sites (N-methyl/N-ethyl adjacent to an activating group) is 2. The SMILES string of the molecule is CC.CC.CNCCN1CCN(CCNC)CC1. The van der Waals surface area contributed by atoms with Crippen LogP contribution in [0.2, 0.25) is 0 Å². The fraction of sp³-hybridized carbons (Fsp3) is 1.00. The molecule has 112 valence electrons. The quantitative estimate of drug-likeness (QED) is 0.749. The zero-order chi connectivity index (χ0) is 14.2. The van der Waals surface area contributed by atoms with E-state index in [0.717, 1.165) is 13.1 Å². The van der Waals surface area contributed by atoms with Crippen LogP contribution in [0, 0.1) is 0 Å². The summed E-state index contributed by atoms with van der Waals surface area (Å²) in [7, 11) is 4.03. The monoisotopic (exact) mass is 260 g/mol. The number of rotatable bonds is 6. The Hall–Kier alpha value is -0.160. The Kier molecular flexibility index (Phi) is 18.9. The highest BCUT2D eigenvalue weighted by molar-refractivity contribution is 4.72. The van der Waals surface area contributed by atoms with Crippen LogP contribution in [-0.2, 0) is 0 Å². The number of piperazine rings is 1. The number of hydrogen-bond donors (Lipinski definition) is 2. The van der Waals surface area contributed by atoms with E-state index < -0.39 is 0 Å². The van der Waals surface area contributed by atoms with Crippen molar-refractivity contribution in [1.82, 2.24) is 20.4 Å². The fourth-order valence-corrected chi connectivity index (χ4v) is 1.78. The molecule has 18 heavy (non-hydrogen) atoms. The third-order valence-corrected chi connectivity index (χ3v) is 2.82. The molecule has 0 amide bonds. The smallest absolute Gasteiger partial charge is 0.0110 e. The van der Waals surface area contributed by atoms with Crippen molar-refractivity contribution < 1.29 is 0 Å². The Labute approximate surface area is 115 Å². The average molecular weight is 260 g/mol. The second kappa shape index (κ2) is 16.8. The molecule has 1 heterocycles. The van der Waals surface area contributed by atoms with Crippen molar-refractivity contribution in [3.63, 3.8) is 0 Å². The minimum Gasteiger partial charge on any atom is -0.318 e. The van der Waals surface area contributed by atoms with E-state index in [1.807, 2.05) is 41.8 Å². The predicted octanol–water partition coefficient (Wildman–Crippen LogP) is 1.10. The Bertz CT molecular complexity index is 118. The van der Waals surface area contributed by atoms with Crippen molar-refractivity contribution >= 4 is 0 Å². The van der Waals surface area contributed by atoms with Gasteiger partial charge >= 0.3 is 0 Å². The molecule has 0 bridgehead atoms. The lowest BCUT2D eigenvalue weighted by molar-refractivity contribution is 0.134. The summed E-state index contributed by atoms with van der Waals surface area (Å²) in [4.78, 5) is 5.07. The van der Waals surface area contributed by atoms with E-state index >= 15 is 0 Å². The van der Waals surface area contributed by atoms with E-state index in [1.54, 1.807) is 0 Å². The summed E-state index contributed by atoms with van der Waals surface area (Å²) in [5.74, 6) is 0. The lowest BCUT2D eigenvalue weighted by atomic mass is 10.3. The molecule has 0 saturated carbocycles. The van der Waals surface area contributed by atoms with E-state index in [0.29, 0.717) is 0 Å². The van der Waals surface area contributed by atoms with Gasteiger partial charge in [-0.1, -0.05) is 27.7 Å². The van der Waals surface area contributed by atoms with Crippen LogP contribution in [0.3, 0.4) is 0 Å². The van der Waals surface area contributed by atoms with Crippen LogP contribution in [0.15, 0.2) is 0 Å². The molecule has 0 radical (unpaired) electrons. The highest BCUT2D eigenvalue weighted by Gasteiger charge is 2.14. The van der Waals surface area contributed by atoms with E-state index in [-0.39, 0.29) is 0 Å². The first-order valence-corrected chi connectivity index (χ1v) is 7.60. The van der Waals surface area contributed by atoms with Gasteiger partial charge in [0, 0.05) is 52.4 Å². The molecule has 1 aliphatic rings.